The minimum atomic E-state index is -1.19. The van der Waals surface area contributed by atoms with Crippen LogP contribution in [0.25, 0.3) is 0 Å². The highest BCUT2D eigenvalue weighted by Crippen LogP contribution is 2.27. The molecule has 11 nitrogen and oxygen atoms in total. The van der Waals surface area contributed by atoms with Crippen LogP contribution in [0.4, 0.5) is 0 Å². The molecule has 0 aromatic rings. The van der Waals surface area contributed by atoms with Gasteiger partial charge in [-0.2, -0.15) is 0 Å². The summed E-state index contributed by atoms with van der Waals surface area (Å²) in [7, 11) is 0. The van der Waals surface area contributed by atoms with Crippen LogP contribution in [0.2, 0.25) is 0 Å². The minimum Gasteiger partial charge on any atom is -0.480 e. The molecule has 25 heavy (non-hydrogen) atoms. The lowest BCUT2D eigenvalue weighted by Crippen LogP contribution is -2.57. The molecule has 1 saturated carbocycles. The highest BCUT2D eigenvalue weighted by Gasteiger charge is 2.37. The molecule has 1 aliphatic carbocycles. The Kier molecular flexibility index (Phi) is 9.64. The molecule has 0 aromatic heterocycles. The average Bonchev–Trinajstić information content (AvgIpc) is 2.44. The van der Waals surface area contributed by atoms with Gasteiger partial charge in [-0.1, -0.05) is 12.8 Å². The Labute approximate surface area is 143 Å². The zero-order chi connectivity index (χ0) is 18.3. The number of carboxylic acids is 4. The minimum absolute atomic E-state index is 0. The second-order valence-corrected chi connectivity index (χ2v) is 5.80. The van der Waals surface area contributed by atoms with Crippen LogP contribution in [-0.4, -0.2) is 97.8 Å². The molecular formula is C14H24N2O9. The molecule has 2 atom stereocenters. The van der Waals surface area contributed by atoms with E-state index in [1.54, 1.807) is 0 Å². The molecule has 6 N–H and O–H groups in total. The third kappa shape index (κ3) is 7.92. The Morgan fingerprint density at radius 2 is 0.880 bits per heavy atom. The molecule has 0 amide bonds. The maximum atomic E-state index is 11.0. The zero-order valence-electron chi connectivity index (χ0n) is 13.6. The second kappa shape index (κ2) is 10.6. The Balaban J connectivity index is 0.00000576. The summed E-state index contributed by atoms with van der Waals surface area (Å²) in [6.07, 6.45) is 2.46. The molecule has 1 fully saturated rings. The van der Waals surface area contributed by atoms with Crippen molar-refractivity contribution < 1.29 is 45.1 Å². The van der Waals surface area contributed by atoms with E-state index in [-0.39, 0.29) is 5.48 Å². The number of rotatable bonds is 10. The molecule has 144 valence electrons. The van der Waals surface area contributed by atoms with Gasteiger partial charge in [-0.15, -0.1) is 0 Å². The van der Waals surface area contributed by atoms with E-state index in [9.17, 15) is 19.2 Å². The Morgan fingerprint density at radius 1 is 0.640 bits per heavy atom. The molecule has 0 heterocycles. The van der Waals surface area contributed by atoms with Gasteiger partial charge in [0.05, 0.1) is 26.2 Å². The van der Waals surface area contributed by atoms with Crippen molar-refractivity contribution in [1.82, 2.24) is 9.80 Å². The molecular weight excluding hydrogens is 340 g/mol. The fourth-order valence-corrected chi connectivity index (χ4v) is 3.22. The quantitative estimate of drug-likeness (QED) is 0.352. The van der Waals surface area contributed by atoms with Gasteiger partial charge in [0.2, 0.25) is 0 Å². The summed E-state index contributed by atoms with van der Waals surface area (Å²) in [5.74, 6) is -4.76. The van der Waals surface area contributed by atoms with Crippen molar-refractivity contribution >= 4 is 23.9 Å². The first-order chi connectivity index (χ1) is 11.2. The lowest BCUT2D eigenvalue weighted by molar-refractivity contribution is -0.149. The average molecular weight is 364 g/mol. The van der Waals surface area contributed by atoms with Gasteiger partial charge in [0.25, 0.3) is 0 Å². The summed E-state index contributed by atoms with van der Waals surface area (Å²) in [4.78, 5) is 46.7. The van der Waals surface area contributed by atoms with Crippen LogP contribution < -0.4 is 0 Å². The smallest absolute Gasteiger partial charge is 0.317 e. The van der Waals surface area contributed by atoms with Crippen LogP contribution >= 0.6 is 0 Å². The van der Waals surface area contributed by atoms with Gasteiger partial charge in [0, 0.05) is 12.1 Å². The van der Waals surface area contributed by atoms with Gasteiger partial charge in [-0.25, -0.2) is 0 Å². The highest BCUT2D eigenvalue weighted by molar-refractivity contribution is 5.73. The van der Waals surface area contributed by atoms with Crippen LogP contribution in [0.1, 0.15) is 25.7 Å². The molecule has 11 heteroatoms. The molecule has 0 unspecified atom stereocenters. The number of nitrogens with zero attached hydrogens (tertiary/aromatic N) is 2. The van der Waals surface area contributed by atoms with Gasteiger partial charge in [-0.05, 0) is 12.8 Å². The molecule has 0 spiro atoms. The van der Waals surface area contributed by atoms with Crippen LogP contribution in [0.3, 0.4) is 0 Å². The van der Waals surface area contributed by atoms with Crippen molar-refractivity contribution in [3.8, 4) is 0 Å². The van der Waals surface area contributed by atoms with E-state index in [2.05, 4.69) is 0 Å². The van der Waals surface area contributed by atoms with E-state index in [0.29, 0.717) is 12.8 Å². The maximum Gasteiger partial charge on any atom is 0.317 e. The van der Waals surface area contributed by atoms with Crippen LogP contribution in [-0.2, 0) is 19.2 Å². The van der Waals surface area contributed by atoms with Gasteiger partial charge >= 0.3 is 23.9 Å². The van der Waals surface area contributed by atoms with Crippen molar-refractivity contribution in [2.45, 2.75) is 37.8 Å². The van der Waals surface area contributed by atoms with Crippen LogP contribution in [0.15, 0.2) is 0 Å². The third-order valence-electron chi connectivity index (χ3n) is 3.99. The maximum absolute atomic E-state index is 11.0. The Hall–Kier alpha value is -2.24. The number of hydrogen-bond donors (Lipinski definition) is 4. The molecule has 0 aromatic carbocycles. The largest absolute Gasteiger partial charge is 0.480 e. The van der Waals surface area contributed by atoms with Crippen molar-refractivity contribution in [2.75, 3.05) is 26.2 Å². The number of carboxylic acid groups (broad SMARTS) is 4. The molecule has 0 bridgehead atoms. The molecule has 0 aliphatic heterocycles. The van der Waals surface area contributed by atoms with Crippen molar-refractivity contribution in [3.63, 3.8) is 0 Å². The van der Waals surface area contributed by atoms with E-state index in [1.807, 2.05) is 0 Å². The summed E-state index contributed by atoms with van der Waals surface area (Å²) in [5.41, 5.74) is 0. The summed E-state index contributed by atoms with van der Waals surface area (Å²) >= 11 is 0. The lowest BCUT2D eigenvalue weighted by Gasteiger charge is -2.43. The normalized spacial score (nSPS) is 20.1. The fraction of sp³-hybridized carbons (Fsp3) is 0.714. The molecule has 0 radical (unpaired) electrons. The monoisotopic (exact) mass is 364 g/mol. The zero-order valence-corrected chi connectivity index (χ0v) is 13.6. The standard InChI is InChI=1S/C14H22N2O8.H2O/c17-11(18)5-15(6-12(19)20)9-3-1-2-4-10(9)16(7-13(21)22)8-14(23)24;/h9-10H,1-8H2,(H,17,18)(H,19,20)(H,21,22)(H,23,24);1H2/t9-,10+;. The first kappa shape index (κ1) is 22.8. The fourth-order valence-electron chi connectivity index (χ4n) is 3.22. The van der Waals surface area contributed by atoms with Gasteiger partial charge in [-0.3, -0.25) is 29.0 Å². The van der Waals surface area contributed by atoms with E-state index in [1.165, 1.54) is 9.80 Å². The van der Waals surface area contributed by atoms with Crippen molar-refractivity contribution in [3.05, 3.63) is 0 Å². The van der Waals surface area contributed by atoms with E-state index in [4.69, 9.17) is 20.4 Å². The predicted molar refractivity (Wildman–Crippen MR) is 83.3 cm³/mol. The highest BCUT2D eigenvalue weighted by atomic mass is 16.4. The molecule has 0 saturated heterocycles. The lowest BCUT2D eigenvalue weighted by atomic mass is 9.87. The van der Waals surface area contributed by atoms with Crippen molar-refractivity contribution in [1.29, 1.82) is 0 Å². The van der Waals surface area contributed by atoms with Gasteiger partial charge < -0.3 is 25.9 Å². The summed E-state index contributed by atoms with van der Waals surface area (Å²) in [5, 5.41) is 36.0. The third-order valence-corrected chi connectivity index (χ3v) is 3.99. The SMILES string of the molecule is O.O=C(O)CN(CC(=O)O)[C@@H]1CCCC[C@@H]1N(CC(=O)O)CC(=O)O. The topological polar surface area (TPSA) is 187 Å². The first-order valence-electron chi connectivity index (χ1n) is 7.56. The van der Waals surface area contributed by atoms with Crippen LogP contribution in [0, 0.1) is 0 Å². The Morgan fingerprint density at radius 3 is 1.08 bits per heavy atom. The van der Waals surface area contributed by atoms with E-state index in [0.717, 1.165) is 12.8 Å². The van der Waals surface area contributed by atoms with Gasteiger partial charge in [0.1, 0.15) is 0 Å². The van der Waals surface area contributed by atoms with Crippen LogP contribution in [0.5, 0.6) is 0 Å². The molecule has 1 rings (SSSR count). The summed E-state index contributed by atoms with van der Waals surface area (Å²) < 4.78 is 0. The number of aliphatic carboxylic acids is 4. The number of carbonyl (C=O) groups is 4. The van der Waals surface area contributed by atoms with E-state index < -0.39 is 62.1 Å². The first-order valence-corrected chi connectivity index (χ1v) is 7.56. The predicted octanol–water partition coefficient (Wildman–Crippen LogP) is -1.58. The molecule has 1 aliphatic rings. The number of hydrogen-bond acceptors (Lipinski definition) is 6. The summed E-state index contributed by atoms with van der Waals surface area (Å²) in [6, 6.07) is -1.05. The van der Waals surface area contributed by atoms with Gasteiger partial charge in [0.15, 0.2) is 0 Å². The second-order valence-electron chi connectivity index (χ2n) is 5.80. The van der Waals surface area contributed by atoms with E-state index >= 15 is 0 Å². The Bertz CT molecular complexity index is 421. The summed E-state index contributed by atoms with van der Waals surface area (Å²) in [6.45, 7) is -1.99. The van der Waals surface area contributed by atoms with Crippen molar-refractivity contribution in [2.24, 2.45) is 0 Å².